The van der Waals surface area contributed by atoms with Crippen LogP contribution in [0.3, 0.4) is 0 Å². The molecule has 2 aromatic rings. The molecule has 0 aliphatic carbocycles. The lowest BCUT2D eigenvalue weighted by Crippen LogP contribution is -2.07. The van der Waals surface area contributed by atoms with E-state index >= 15 is 0 Å². The standard InChI is InChI=1S/C16H15F3O/c1-9-3-4-12(17)6-11(9)7-16(20)13-5-10(2)14(18)8-15(13)19/h3-6,8,16,20H,7H2,1-2H3. The van der Waals surface area contributed by atoms with Crippen LogP contribution in [0.4, 0.5) is 13.2 Å². The summed E-state index contributed by atoms with van der Waals surface area (Å²) in [7, 11) is 0. The molecule has 20 heavy (non-hydrogen) atoms. The fraction of sp³-hybridized carbons (Fsp3) is 0.250. The maximum atomic E-state index is 13.7. The van der Waals surface area contributed by atoms with Crippen LogP contribution < -0.4 is 0 Å². The van der Waals surface area contributed by atoms with Gasteiger partial charge in [0.2, 0.25) is 0 Å². The van der Waals surface area contributed by atoms with E-state index in [0.717, 1.165) is 11.6 Å². The molecule has 1 atom stereocenters. The Morgan fingerprint density at radius 2 is 1.65 bits per heavy atom. The minimum absolute atomic E-state index is 0.0209. The molecule has 0 aromatic heterocycles. The molecule has 0 spiro atoms. The van der Waals surface area contributed by atoms with Crippen molar-refractivity contribution in [1.29, 1.82) is 0 Å². The van der Waals surface area contributed by atoms with Crippen molar-refractivity contribution in [2.75, 3.05) is 0 Å². The Hall–Kier alpha value is -1.81. The predicted octanol–water partition coefficient (Wildman–Crippen LogP) is 4.00. The highest BCUT2D eigenvalue weighted by molar-refractivity contribution is 5.31. The quantitative estimate of drug-likeness (QED) is 0.901. The van der Waals surface area contributed by atoms with Crippen LogP contribution >= 0.6 is 0 Å². The van der Waals surface area contributed by atoms with Gasteiger partial charge in [-0.25, -0.2) is 13.2 Å². The third-order valence-electron chi connectivity index (χ3n) is 3.36. The van der Waals surface area contributed by atoms with E-state index in [9.17, 15) is 18.3 Å². The molecule has 1 unspecified atom stereocenters. The number of hydrogen-bond donors (Lipinski definition) is 1. The summed E-state index contributed by atoms with van der Waals surface area (Å²) in [6.45, 7) is 3.28. The van der Waals surface area contributed by atoms with Gasteiger partial charge in [-0.05, 0) is 48.7 Å². The average Bonchev–Trinajstić information content (AvgIpc) is 2.38. The Morgan fingerprint density at radius 3 is 2.35 bits per heavy atom. The molecule has 0 bridgehead atoms. The highest BCUT2D eigenvalue weighted by Gasteiger charge is 2.17. The molecule has 2 rings (SSSR count). The fourth-order valence-electron chi connectivity index (χ4n) is 2.11. The van der Waals surface area contributed by atoms with E-state index in [1.807, 2.05) is 0 Å². The lowest BCUT2D eigenvalue weighted by atomic mass is 9.96. The van der Waals surface area contributed by atoms with Crippen molar-refractivity contribution in [3.05, 3.63) is 70.0 Å². The van der Waals surface area contributed by atoms with Crippen LogP contribution in [0, 0.1) is 31.3 Å². The maximum absolute atomic E-state index is 13.7. The first kappa shape index (κ1) is 14.6. The smallest absolute Gasteiger partial charge is 0.131 e. The minimum Gasteiger partial charge on any atom is -0.388 e. The van der Waals surface area contributed by atoms with E-state index in [4.69, 9.17) is 0 Å². The zero-order valence-electron chi connectivity index (χ0n) is 11.3. The number of halogens is 3. The molecule has 0 heterocycles. The zero-order valence-corrected chi connectivity index (χ0v) is 11.3. The van der Waals surface area contributed by atoms with Crippen molar-refractivity contribution in [2.24, 2.45) is 0 Å². The van der Waals surface area contributed by atoms with Crippen LogP contribution in [0.5, 0.6) is 0 Å². The van der Waals surface area contributed by atoms with Gasteiger partial charge in [0.25, 0.3) is 0 Å². The molecule has 0 aliphatic heterocycles. The molecule has 0 amide bonds. The second-order valence-corrected chi connectivity index (χ2v) is 4.91. The highest BCUT2D eigenvalue weighted by Crippen LogP contribution is 2.25. The van der Waals surface area contributed by atoms with Crippen molar-refractivity contribution in [3.63, 3.8) is 0 Å². The van der Waals surface area contributed by atoms with Crippen LogP contribution in [0.15, 0.2) is 30.3 Å². The van der Waals surface area contributed by atoms with E-state index in [2.05, 4.69) is 0 Å². The number of aryl methyl sites for hydroxylation is 2. The Balaban J connectivity index is 2.30. The van der Waals surface area contributed by atoms with Crippen LogP contribution in [0.2, 0.25) is 0 Å². The summed E-state index contributed by atoms with van der Waals surface area (Å²) >= 11 is 0. The van der Waals surface area contributed by atoms with Gasteiger partial charge in [0.1, 0.15) is 17.5 Å². The van der Waals surface area contributed by atoms with Gasteiger partial charge in [0.05, 0.1) is 6.10 Å². The molecule has 0 saturated carbocycles. The fourth-order valence-corrected chi connectivity index (χ4v) is 2.11. The van der Waals surface area contributed by atoms with Crippen molar-refractivity contribution >= 4 is 0 Å². The Bertz CT molecular complexity index is 638. The van der Waals surface area contributed by atoms with Crippen molar-refractivity contribution < 1.29 is 18.3 Å². The van der Waals surface area contributed by atoms with E-state index in [1.54, 1.807) is 13.0 Å². The summed E-state index contributed by atoms with van der Waals surface area (Å²) in [5.41, 5.74) is 1.69. The van der Waals surface area contributed by atoms with E-state index in [0.29, 0.717) is 5.56 Å². The lowest BCUT2D eigenvalue weighted by Gasteiger charge is -2.15. The van der Waals surface area contributed by atoms with Gasteiger partial charge in [-0.2, -0.15) is 0 Å². The molecular formula is C16H15F3O. The van der Waals surface area contributed by atoms with Crippen LogP contribution in [0.25, 0.3) is 0 Å². The molecular weight excluding hydrogens is 265 g/mol. The molecule has 4 heteroatoms. The molecule has 2 aromatic carbocycles. The highest BCUT2D eigenvalue weighted by atomic mass is 19.1. The SMILES string of the molecule is Cc1cc(C(O)Cc2cc(F)ccc2C)c(F)cc1F. The molecule has 1 N–H and O–H groups in total. The van der Waals surface area contributed by atoms with Crippen molar-refractivity contribution in [1.82, 2.24) is 0 Å². The molecule has 106 valence electrons. The largest absolute Gasteiger partial charge is 0.388 e. The van der Waals surface area contributed by atoms with E-state index in [1.165, 1.54) is 25.1 Å². The Labute approximate surface area is 115 Å². The summed E-state index contributed by atoms with van der Waals surface area (Å²) in [4.78, 5) is 0. The van der Waals surface area contributed by atoms with Gasteiger partial charge >= 0.3 is 0 Å². The van der Waals surface area contributed by atoms with Crippen molar-refractivity contribution in [3.8, 4) is 0 Å². The van der Waals surface area contributed by atoms with Gasteiger partial charge in [0, 0.05) is 18.1 Å². The summed E-state index contributed by atoms with van der Waals surface area (Å²) in [6, 6.07) is 6.28. The summed E-state index contributed by atoms with van der Waals surface area (Å²) < 4.78 is 40.1. The zero-order chi connectivity index (χ0) is 14.9. The third kappa shape index (κ3) is 3.02. The lowest BCUT2D eigenvalue weighted by molar-refractivity contribution is 0.173. The van der Waals surface area contributed by atoms with Gasteiger partial charge < -0.3 is 5.11 Å². The topological polar surface area (TPSA) is 20.2 Å². The average molecular weight is 280 g/mol. The van der Waals surface area contributed by atoms with Crippen LogP contribution in [0.1, 0.15) is 28.4 Å². The molecule has 1 nitrogen and oxygen atoms in total. The van der Waals surface area contributed by atoms with Gasteiger partial charge in [-0.1, -0.05) is 6.07 Å². The van der Waals surface area contributed by atoms with Gasteiger partial charge in [-0.15, -0.1) is 0 Å². The van der Waals surface area contributed by atoms with Gasteiger partial charge in [0.15, 0.2) is 0 Å². The van der Waals surface area contributed by atoms with Gasteiger partial charge in [-0.3, -0.25) is 0 Å². The summed E-state index contributed by atoms with van der Waals surface area (Å²) in [5.74, 6) is -1.86. The van der Waals surface area contributed by atoms with Crippen LogP contribution in [-0.2, 0) is 6.42 Å². The second kappa shape index (κ2) is 5.67. The monoisotopic (exact) mass is 280 g/mol. The number of rotatable bonds is 3. The summed E-state index contributed by atoms with van der Waals surface area (Å²) in [6.07, 6.45) is -1.07. The number of aliphatic hydroxyl groups excluding tert-OH is 1. The summed E-state index contributed by atoms with van der Waals surface area (Å²) in [5, 5.41) is 10.1. The minimum atomic E-state index is -1.14. The molecule has 0 aliphatic rings. The van der Waals surface area contributed by atoms with Crippen LogP contribution in [-0.4, -0.2) is 5.11 Å². The third-order valence-corrected chi connectivity index (χ3v) is 3.36. The molecule has 0 radical (unpaired) electrons. The van der Waals surface area contributed by atoms with Crippen molar-refractivity contribution in [2.45, 2.75) is 26.4 Å². The Kier molecular flexibility index (Phi) is 4.14. The first-order chi connectivity index (χ1) is 9.38. The maximum Gasteiger partial charge on any atom is 0.131 e. The normalized spacial score (nSPS) is 12.5. The molecule has 0 fully saturated rings. The second-order valence-electron chi connectivity index (χ2n) is 4.91. The number of hydrogen-bond acceptors (Lipinski definition) is 1. The number of aliphatic hydroxyl groups is 1. The van der Waals surface area contributed by atoms with E-state index < -0.39 is 23.6 Å². The first-order valence-electron chi connectivity index (χ1n) is 6.27. The van der Waals surface area contributed by atoms with E-state index in [-0.39, 0.29) is 17.5 Å². The molecule has 0 saturated heterocycles. The number of benzene rings is 2. The predicted molar refractivity (Wildman–Crippen MR) is 70.9 cm³/mol. The Morgan fingerprint density at radius 1 is 0.950 bits per heavy atom. The first-order valence-corrected chi connectivity index (χ1v) is 6.27.